The predicted molar refractivity (Wildman–Crippen MR) is 82.5 cm³/mol. The van der Waals surface area contributed by atoms with E-state index in [1.165, 1.54) is 18.4 Å². The van der Waals surface area contributed by atoms with Gasteiger partial charge in [-0.1, -0.05) is 15.9 Å². The molecular weight excluding hydrogens is 322 g/mol. The molecule has 0 aromatic heterocycles. The van der Waals surface area contributed by atoms with Gasteiger partial charge in [0.25, 0.3) is 0 Å². The molecule has 2 rings (SSSR count). The van der Waals surface area contributed by atoms with E-state index in [0.717, 1.165) is 42.3 Å². The van der Waals surface area contributed by atoms with Gasteiger partial charge in [-0.3, -0.25) is 0 Å². The van der Waals surface area contributed by atoms with Crippen LogP contribution < -0.4 is 14.8 Å². The van der Waals surface area contributed by atoms with Crippen LogP contribution in [0.25, 0.3) is 0 Å². The van der Waals surface area contributed by atoms with Crippen LogP contribution in [0.4, 0.5) is 0 Å². The van der Waals surface area contributed by atoms with E-state index >= 15 is 0 Å². The van der Waals surface area contributed by atoms with E-state index in [1.54, 1.807) is 14.2 Å². The molecule has 0 saturated carbocycles. The van der Waals surface area contributed by atoms with Crippen molar-refractivity contribution in [2.45, 2.75) is 19.4 Å². The van der Waals surface area contributed by atoms with E-state index in [1.807, 2.05) is 12.1 Å². The molecule has 112 valence electrons. The summed E-state index contributed by atoms with van der Waals surface area (Å²) in [6, 6.07) is 3.95. The third kappa shape index (κ3) is 4.11. The Balaban J connectivity index is 1.91. The third-order valence-corrected chi connectivity index (χ3v) is 4.29. The average Bonchev–Trinajstić information content (AvgIpc) is 2.49. The molecule has 1 saturated heterocycles. The monoisotopic (exact) mass is 343 g/mol. The largest absolute Gasteiger partial charge is 0.493 e. The van der Waals surface area contributed by atoms with E-state index in [9.17, 15) is 0 Å². The Labute approximate surface area is 128 Å². The fourth-order valence-electron chi connectivity index (χ4n) is 2.41. The molecule has 1 aliphatic rings. The van der Waals surface area contributed by atoms with Crippen LogP contribution in [0, 0.1) is 5.92 Å². The number of methoxy groups -OCH3 is 2. The van der Waals surface area contributed by atoms with Gasteiger partial charge in [0.2, 0.25) is 0 Å². The van der Waals surface area contributed by atoms with Gasteiger partial charge >= 0.3 is 0 Å². The molecule has 0 spiro atoms. The van der Waals surface area contributed by atoms with Crippen molar-refractivity contribution in [3.63, 3.8) is 0 Å². The van der Waals surface area contributed by atoms with Crippen LogP contribution >= 0.6 is 15.9 Å². The second-order valence-corrected chi connectivity index (χ2v) is 5.87. The quantitative estimate of drug-likeness (QED) is 0.861. The van der Waals surface area contributed by atoms with E-state index in [4.69, 9.17) is 14.2 Å². The molecule has 4 nitrogen and oxygen atoms in total. The highest BCUT2D eigenvalue weighted by molar-refractivity contribution is 9.10. The summed E-state index contributed by atoms with van der Waals surface area (Å²) < 4.78 is 17.1. The van der Waals surface area contributed by atoms with Gasteiger partial charge < -0.3 is 19.5 Å². The Bertz CT molecular complexity index is 433. The molecule has 0 radical (unpaired) electrons. The Kier molecular flexibility index (Phi) is 6.13. The molecule has 0 bridgehead atoms. The van der Waals surface area contributed by atoms with Crippen LogP contribution in [0.1, 0.15) is 18.4 Å². The Morgan fingerprint density at radius 1 is 1.30 bits per heavy atom. The number of rotatable bonds is 6. The number of ether oxygens (including phenoxy) is 3. The minimum Gasteiger partial charge on any atom is -0.493 e. The zero-order valence-electron chi connectivity index (χ0n) is 12.1. The van der Waals surface area contributed by atoms with Crippen LogP contribution in [0.2, 0.25) is 0 Å². The number of nitrogens with one attached hydrogen (secondary N) is 1. The average molecular weight is 344 g/mol. The van der Waals surface area contributed by atoms with Crippen LogP contribution in [-0.2, 0) is 11.3 Å². The van der Waals surface area contributed by atoms with Crippen LogP contribution in [-0.4, -0.2) is 34.0 Å². The first-order chi connectivity index (χ1) is 9.74. The lowest BCUT2D eigenvalue weighted by Gasteiger charge is -2.22. The highest BCUT2D eigenvalue weighted by Gasteiger charge is 2.14. The van der Waals surface area contributed by atoms with E-state index in [0.29, 0.717) is 5.92 Å². The summed E-state index contributed by atoms with van der Waals surface area (Å²) in [4.78, 5) is 0. The van der Waals surface area contributed by atoms with Crippen molar-refractivity contribution in [1.29, 1.82) is 0 Å². The normalized spacial score (nSPS) is 18.9. The molecule has 1 aromatic carbocycles. The second-order valence-electron chi connectivity index (χ2n) is 5.01. The van der Waals surface area contributed by atoms with Crippen molar-refractivity contribution < 1.29 is 14.2 Å². The van der Waals surface area contributed by atoms with Gasteiger partial charge in [-0.15, -0.1) is 0 Å². The van der Waals surface area contributed by atoms with E-state index in [2.05, 4.69) is 21.2 Å². The van der Waals surface area contributed by atoms with Gasteiger partial charge in [-0.2, -0.15) is 0 Å². The molecule has 5 heteroatoms. The lowest BCUT2D eigenvalue weighted by atomic mass is 10.0. The molecule has 1 heterocycles. The van der Waals surface area contributed by atoms with Crippen molar-refractivity contribution in [1.82, 2.24) is 5.32 Å². The summed E-state index contributed by atoms with van der Waals surface area (Å²) in [5, 5.41) is 3.49. The van der Waals surface area contributed by atoms with Gasteiger partial charge in [0.1, 0.15) is 0 Å². The van der Waals surface area contributed by atoms with Crippen molar-refractivity contribution in [3.05, 3.63) is 22.2 Å². The second kappa shape index (κ2) is 7.86. The highest BCUT2D eigenvalue weighted by atomic mass is 79.9. The maximum Gasteiger partial charge on any atom is 0.161 e. The molecule has 20 heavy (non-hydrogen) atoms. The minimum atomic E-state index is 0.627. The summed E-state index contributed by atoms with van der Waals surface area (Å²) in [5.74, 6) is 2.12. The van der Waals surface area contributed by atoms with Gasteiger partial charge in [0.15, 0.2) is 11.5 Å². The molecule has 1 unspecified atom stereocenters. The van der Waals surface area contributed by atoms with Gasteiger partial charge in [-0.25, -0.2) is 0 Å². The summed E-state index contributed by atoms with van der Waals surface area (Å²) in [6.07, 6.45) is 2.42. The first-order valence-electron chi connectivity index (χ1n) is 6.93. The highest BCUT2D eigenvalue weighted by Crippen LogP contribution is 2.33. The topological polar surface area (TPSA) is 39.7 Å². The number of hydrogen-bond donors (Lipinski definition) is 1. The first kappa shape index (κ1) is 15.6. The van der Waals surface area contributed by atoms with E-state index in [-0.39, 0.29) is 0 Å². The molecule has 0 amide bonds. The van der Waals surface area contributed by atoms with Crippen molar-refractivity contribution in [2.75, 3.05) is 34.0 Å². The zero-order chi connectivity index (χ0) is 14.4. The van der Waals surface area contributed by atoms with Gasteiger partial charge in [0, 0.05) is 24.2 Å². The Morgan fingerprint density at radius 2 is 2.05 bits per heavy atom. The molecule has 1 atom stereocenters. The summed E-state index contributed by atoms with van der Waals surface area (Å²) in [7, 11) is 3.30. The third-order valence-electron chi connectivity index (χ3n) is 3.56. The van der Waals surface area contributed by atoms with Crippen molar-refractivity contribution >= 4 is 15.9 Å². The SMILES string of the molecule is COc1cc(Br)c(CNCC2CCCOC2)cc1OC. The van der Waals surface area contributed by atoms with Crippen LogP contribution in [0.15, 0.2) is 16.6 Å². The molecular formula is C15H22BrNO3. The summed E-state index contributed by atoms with van der Waals surface area (Å²) in [6.45, 7) is 3.58. The molecule has 1 N–H and O–H groups in total. The Morgan fingerprint density at radius 3 is 2.70 bits per heavy atom. The molecule has 1 aromatic rings. The summed E-state index contributed by atoms with van der Waals surface area (Å²) >= 11 is 3.58. The van der Waals surface area contributed by atoms with Crippen LogP contribution in [0.5, 0.6) is 11.5 Å². The number of hydrogen-bond acceptors (Lipinski definition) is 4. The maximum atomic E-state index is 5.49. The van der Waals surface area contributed by atoms with Crippen molar-refractivity contribution in [2.24, 2.45) is 5.92 Å². The number of halogens is 1. The fourth-order valence-corrected chi connectivity index (χ4v) is 2.87. The van der Waals surface area contributed by atoms with E-state index < -0.39 is 0 Å². The van der Waals surface area contributed by atoms with Crippen molar-refractivity contribution in [3.8, 4) is 11.5 Å². The molecule has 1 fully saturated rings. The molecule has 1 aliphatic heterocycles. The molecule has 0 aliphatic carbocycles. The lowest BCUT2D eigenvalue weighted by Crippen LogP contribution is -2.28. The number of benzene rings is 1. The maximum absolute atomic E-state index is 5.49. The Hall–Kier alpha value is -0.780. The lowest BCUT2D eigenvalue weighted by molar-refractivity contribution is 0.0547. The smallest absolute Gasteiger partial charge is 0.161 e. The minimum absolute atomic E-state index is 0.627. The van der Waals surface area contributed by atoms with Gasteiger partial charge in [0.05, 0.1) is 20.8 Å². The van der Waals surface area contributed by atoms with Gasteiger partial charge in [-0.05, 0) is 36.5 Å². The summed E-state index contributed by atoms with van der Waals surface area (Å²) in [5.41, 5.74) is 1.17. The first-order valence-corrected chi connectivity index (χ1v) is 7.72. The fraction of sp³-hybridized carbons (Fsp3) is 0.600. The zero-order valence-corrected chi connectivity index (χ0v) is 13.7. The standard InChI is InChI=1S/C15H22BrNO3/c1-18-14-6-12(13(16)7-15(14)19-2)9-17-8-11-4-3-5-20-10-11/h6-7,11,17H,3-5,8-10H2,1-2H3. The predicted octanol–water partition coefficient (Wildman–Crippen LogP) is 2.98. The van der Waals surface area contributed by atoms with Crippen LogP contribution in [0.3, 0.4) is 0 Å².